The van der Waals surface area contributed by atoms with E-state index >= 15 is 0 Å². The van der Waals surface area contributed by atoms with Gasteiger partial charge in [-0.1, -0.05) is 31.5 Å². The third-order valence-electron chi connectivity index (χ3n) is 5.94. The molecule has 178 valence electrons. The molecule has 3 rings (SSSR count). The van der Waals surface area contributed by atoms with E-state index in [1.807, 2.05) is 13.0 Å². The van der Waals surface area contributed by atoms with Crippen LogP contribution >= 0.6 is 0 Å². The van der Waals surface area contributed by atoms with Crippen LogP contribution in [0.4, 0.5) is 13.2 Å². The molecule has 1 aliphatic rings. The highest BCUT2D eigenvalue weighted by Crippen LogP contribution is 2.42. The Hall–Kier alpha value is -3.17. The van der Waals surface area contributed by atoms with Crippen LogP contribution in [0.25, 0.3) is 0 Å². The van der Waals surface area contributed by atoms with Gasteiger partial charge in [-0.05, 0) is 31.0 Å². The van der Waals surface area contributed by atoms with E-state index in [1.54, 1.807) is 14.0 Å². The summed E-state index contributed by atoms with van der Waals surface area (Å²) in [6, 6.07) is 6.18. The molecule has 0 bridgehead atoms. The van der Waals surface area contributed by atoms with Crippen molar-refractivity contribution >= 4 is 17.7 Å². The van der Waals surface area contributed by atoms with Gasteiger partial charge in [-0.3, -0.25) is 24.4 Å². The number of alkyl halides is 3. The molecule has 10 heteroatoms. The minimum absolute atomic E-state index is 0.0140. The van der Waals surface area contributed by atoms with Crippen LogP contribution in [-0.4, -0.2) is 51.3 Å². The van der Waals surface area contributed by atoms with Crippen molar-refractivity contribution in [2.45, 2.75) is 57.7 Å². The normalized spacial score (nSPS) is 18.8. The van der Waals surface area contributed by atoms with Crippen LogP contribution in [0, 0.1) is 0 Å². The van der Waals surface area contributed by atoms with Gasteiger partial charge in [0.2, 0.25) is 17.7 Å². The van der Waals surface area contributed by atoms with Crippen LogP contribution in [0.5, 0.6) is 0 Å². The number of likely N-dealkylation sites (tertiary alicyclic amines) is 1. The van der Waals surface area contributed by atoms with Crippen molar-refractivity contribution in [3.05, 3.63) is 52.8 Å². The molecule has 33 heavy (non-hydrogen) atoms. The molecular weight excluding hydrogens is 437 g/mol. The quantitative estimate of drug-likeness (QED) is 0.607. The molecule has 0 spiro atoms. The molecule has 1 atom stereocenters. The van der Waals surface area contributed by atoms with Crippen molar-refractivity contribution in [1.29, 1.82) is 0 Å². The second-order valence-corrected chi connectivity index (χ2v) is 8.34. The number of halogens is 3. The lowest BCUT2D eigenvalue weighted by atomic mass is 9.75. The Morgan fingerprint density at radius 1 is 1.24 bits per heavy atom. The largest absolute Gasteiger partial charge is 0.416 e. The van der Waals surface area contributed by atoms with Crippen LogP contribution in [0.15, 0.2) is 30.3 Å². The van der Waals surface area contributed by atoms with E-state index in [2.05, 4.69) is 10.2 Å². The molecule has 3 amide bonds. The van der Waals surface area contributed by atoms with Gasteiger partial charge in [0.25, 0.3) is 0 Å². The topological polar surface area (TPSA) is 86.4 Å². The molecule has 1 aromatic heterocycles. The fourth-order valence-electron chi connectivity index (χ4n) is 4.19. The fraction of sp³-hybridized carbons (Fsp3) is 0.478. The predicted octanol–water partition coefficient (Wildman–Crippen LogP) is 3.45. The Morgan fingerprint density at radius 2 is 1.97 bits per heavy atom. The summed E-state index contributed by atoms with van der Waals surface area (Å²) in [5.41, 5.74) is -1.03. The maximum atomic E-state index is 13.3. The number of imide groups is 1. The summed E-state index contributed by atoms with van der Waals surface area (Å²) >= 11 is 0. The lowest BCUT2D eigenvalue weighted by Gasteiger charge is -2.29. The Balaban J connectivity index is 1.91. The van der Waals surface area contributed by atoms with Crippen molar-refractivity contribution in [3.63, 3.8) is 0 Å². The van der Waals surface area contributed by atoms with Crippen molar-refractivity contribution < 1.29 is 27.6 Å². The summed E-state index contributed by atoms with van der Waals surface area (Å²) in [5.74, 6) is -1.62. The number of hydrogen-bond acceptors (Lipinski definition) is 4. The number of aromatic amines is 1. The van der Waals surface area contributed by atoms with Crippen molar-refractivity contribution in [2.75, 3.05) is 13.6 Å². The molecule has 7 nitrogen and oxygen atoms in total. The standard InChI is InChI=1S/C23H27F3N4O3/c1-4-7-17-11-18(28-27-17)14-29(3)19(31)12-22(13-20(32)30(5-2)21(22)33)15-8-6-9-16(10-15)23(24,25)26/h6,8-11H,4-5,7,12-14H2,1-3H3,(H,27,28)/t22-/m1/s1. The Kier molecular flexibility index (Phi) is 6.94. The van der Waals surface area contributed by atoms with Gasteiger partial charge >= 0.3 is 6.18 Å². The minimum atomic E-state index is -4.62. The third kappa shape index (κ3) is 4.94. The number of nitrogens with one attached hydrogen (secondary N) is 1. The summed E-state index contributed by atoms with van der Waals surface area (Å²) in [7, 11) is 1.54. The average molecular weight is 464 g/mol. The van der Waals surface area contributed by atoms with Gasteiger partial charge in [0, 0.05) is 26.4 Å². The number of aryl methyl sites for hydroxylation is 1. The molecule has 1 N–H and O–H groups in total. The SMILES string of the molecule is CCCc1cc(CN(C)C(=O)C[C@]2(c3cccc(C(F)(F)F)c3)CC(=O)N(CC)C2=O)[nH]n1. The van der Waals surface area contributed by atoms with Gasteiger partial charge in [0.05, 0.1) is 28.9 Å². The second-order valence-electron chi connectivity index (χ2n) is 8.34. The number of carbonyl (C=O) groups excluding carboxylic acids is 3. The molecule has 0 unspecified atom stereocenters. The Morgan fingerprint density at radius 3 is 2.58 bits per heavy atom. The number of nitrogens with zero attached hydrogens (tertiary/aromatic N) is 3. The van der Waals surface area contributed by atoms with E-state index < -0.39 is 41.3 Å². The summed E-state index contributed by atoms with van der Waals surface area (Å²) in [5, 5.41) is 7.05. The number of H-pyrrole nitrogens is 1. The molecule has 2 heterocycles. The Labute approximate surface area is 189 Å². The summed E-state index contributed by atoms with van der Waals surface area (Å²) in [6.07, 6.45) is -3.68. The van der Waals surface area contributed by atoms with Crippen LogP contribution in [-0.2, 0) is 38.9 Å². The molecule has 1 aliphatic heterocycles. The number of aromatic nitrogens is 2. The van der Waals surface area contributed by atoms with E-state index in [4.69, 9.17) is 0 Å². The van der Waals surface area contributed by atoms with Crippen molar-refractivity contribution in [3.8, 4) is 0 Å². The number of hydrogen-bond donors (Lipinski definition) is 1. The maximum absolute atomic E-state index is 13.3. The van der Waals surface area contributed by atoms with E-state index in [9.17, 15) is 27.6 Å². The molecule has 1 saturated heterocycles. The molecule has 0 radical (unpaired) electrons. The van der Waals surface area contributed by atoms with Gasteiger partial charge in [-0.2, -0.15) is 18.3 Å². The number of benzene rings is 1. The lowest BCUT2D eigenvalue weighted by Crippen LogP contribution is -2.42. The van der Waals surface area contributed by atoms with Gasteiger partial charge in [0.15, 0.2) is 0 Å². The Bertz CT molecular complexity index is 1050. The molecular formula is C23H27F3N4O3. The zero-order valence-electron chi connectivity index (χ0n) is 18.8. The first kappa shape index (κ1) is 24.5. The van der Waals surface area contributed by atoms with Crippen LogP contribution in [0.1, 0.15) is 55.6 Å². The van der Waals surface area contributed by atoms with E-state index in [1.165, 1.54) is 17.0 Å². The third-order valence-corrected chi connectivity index (χ3v) is 5.94. The zero-order valence-corrected chi connectivity index (χ0v) is 18.8. The molecule has 2 aromatic rings. The molecule has 1 aromatic carbocycles. The monoisotopic (exact) mass is 464 g/mol. The van der Waals surface area contributed by atoms with E-state index in [0.29, 0.717) is 5.69 Å². The van der Waals surface area contributed by atoms with Crippen molar-refractivity contribution in [2.24, 2.45) is 0 Å². The van der Waals surface area contributed by atoms with Gasteiger partial charge in [-0.25, -0.2) is 0 Å². The highest BCUT2D eigenvalue weighted by atomic mass is 19.4. The van der Waals surface area contributed by atoms with Gasteiger partial charge < -0.3 is 4.90 Å². The smallest absolute Gasteiger partial charge is 0.340 e. The minimum Gasteiger partial charge on any atom is -0.340 e. The van der Waals surface area contributed by atoms with Crippen LogP contribution in [0.2, 0.25) is 0 Å². The summed E-state index contributed by atoms with van der Waals surface area (Å²) in [4.78, 5) is 41.3. The van der Waals surface area contributed by atoms with Crippen LogP contribution < -0.4 is 0 Å². The number of likely N-dealkylation sites (N-methyl/N-ethyl adjacent to an activating group) is 1. The highest BCUT2D eigenvalue weighted by molar-refractivity contribution is 6.10. The second kappa shape index (κ2) is 9.36. The highest BCUT2D eigenvalue weighted by Gasteiger charge is 2.54. The first-order valence-electron chi connectivity index (χ1n) is 10.8. The first-order chi connectivity index (χ1) is 15.5. The van der Waals surface area contributed by atoms with Gasteiger partial charge in [-0.15, -0.1) is 0 Å². The summed E-state index contributed by atoms with van der Waals surface area (Å²) in [6.45, 7) is 3.90. The molecule has 1 fully saturated rings. The number of rotatable bonds is 8. The van der Waals surface area contributed by atoms with Crippen LogP contribution in [0.3, 0.4) is 0 Å². The zero-order chi connectivity index (χ0) is 24.4. The first-order valence-corrected chi connectivity index (χ1v) is 10.8. The fourth-order valence-corrected chi connectivity index (χ4v) is 4.19. The van der Waals surface area contributed by atoms with Gasteiger partial charge in [0.1, 0.15) is 0 Å². The molecule has 0 aliphatic carbocycles. The number of carbonyl (C=O) groups is 3. The predicted molar refractivity (Wildman–Crippen MR) is 114 cm³/mol. The van der Waals surface area contributed by atoms with E-state index in [-0.39, 0.29) is 25.1 Å². The summed E-state index contributed by atoms with van der Waals surface area (Å²) < 4.78 is 40.0. The average Bonchev–Trinajstić information content (AvgIpc) is 3.29. The molecule has 0 saturated carbocycles. The number of amides is 3. The maximum Gasteiger partial charge on any atom is 0.416 e. The van der Waals surface area contributed by atoms with Crippen molar-refractivity contribution in [1.82, 2.24) is 20.0 Å². The lowest BCUT2D eigenvalue weighted by molar-refractivity contribution is -0.142. The van der Waals surface area contributed by atoms with E-state index in [0.717, 1.165) is 35.6 Å².